The van der Waals surface area contributed by atoms with Gasteiger partial charge in [0.15, 0.2) is 0 Å². The van der Waals surface area contributed by atoms with Gasteiger partial charge in [-0.2, -0.15) is 0 Å². The molecule has 92 valence electrons. The maximum absolute atomic E-state index is 11.6. The molecule has 0 radical (unpaired) electrons. The van der Waals surface area contributed by atoms with E-state index in [1.165, 1.54) is 6.07 Å². The predicted octanol–water partition coefficient (Wildman–Crippen LogP) is -0.0583. The fourth-order valence-electron chi connectivity index (χ4n) is 1.52. The van der Waals surface area contributed by atoms with E-state index in [0.29, 0.717) is 5.92 Å². The minimum atomic E-state index is -3.65. The molecule has 1 aromatic rings. The van der Waals surface area contributed by atoms with Crippen molar-refractivity contribution >= 4 is 15.9 Å². The van der Waals surface area contributed by atoms with E-state index in [2.05, 4.69) is 4.98 Å². The number of nitrogens with one attached hydrogen (secondary N) is 2. The lowest BCUT2D eigenvalue weighted by Crippen LogP contribution is -2.33. The molecule has 1 heterocycles. The molecule has 2 N–H and O–H groups in total. The van der Waals surface area contributed by atoms with Crippen LogP contribution in [0, 0.1) is 0 Å². The first-order valence-electron chi connectivity index (χ1n) is 5.12. The van der Waals surface area contributed by atoms with Crippen LogP contribution >= 0.6 is 0 Å². The summed E-state index contributed by atoms with van der Waals surface area (Å²) in [4.78, 5) is 25.6. The van der Waals surface area contributed by atoms with Crippen LogP contribution in [0.5, 0.6) is 0 Å². The molecule has 0 spiro atoms. The normalized spacial score (nSPS) is 15.6. The van der Waals surface area contributed by atoms with Crippen molar-refractivity contribution < 1.29 is 13.2 Å². The number of rotatable bonds is 3. The molecule has 1 saturated carbocycles. The van der Waals surface area contributed by atoms with Crippen LogP contribution in [0.3, 0.4) is 0 Å². The Morgan fingerprint density at radius 3 is 2.53 bits per heavy atom. The zero-order chi connectivity index (χ0) is 12.6. The van der Waals surface area contributed by atoms with Gasteiger partial charge in [-0.05, 0) is 30.9 Å². The largest absolute Gasteiger partial charge is 0.325 e. The highest BCUT2D eigenvalue weighted by Gasteiger charge is 2.25. The van der Waals surface area contributed by atoms with Crippen molar-refractivity contribution in [2.75, 3.05) is 6.26 Å². The fraction of sp³-hybridized carbons (Fsp3) is 0.400. The topological polar surface area (TPSA) is 96.1 Å². The zero-order valence-corrected chi connectivity index (χ0v) is 10.0. The van der Waals surface area contributed by atoms with Gasteiger partial charge in [0, 0.05) is 5.69 Å². The van der Waals surface area contributed by atoms with E-state index < -0.39 is 21.5 Å². The second-order valence-electron chi connectivity index (χ2n) is 4.13. The van der Waals surface area contributed by atoms with Crippen LogP contribution in [0.15, 0.2) is 16.9 Å². The number of hydrogen-bond donors (Lipinski definition) is 2. The highest BCUT2D eigenvalue weighted by atomic mass is 32.2. The predicted molar refractivity (Wildman–Crippen MR) is 61.3 cm³/mol. The first-order valence-corrected chi connectivity index (χ1v) is 7.01. The minimum Gasteiger partial charge on any atom is -0.325 e. The first-order chi connectivity index (χ1) is 7.87. The number of aromatic amines is 1. The molecule has 0 saturated heterocycles. The number of carbonyl (C=O) groups is 1. The van der Waals surface area contributed by atoms with E-state index in [0.717, 1.165) is 24.8 Å². The van der Waals surface area contributed by atoms with Crippen molar-refractivity contribution in [3.63, 3.8) is 0 Å². The molecule has 0 aliphatic heterocycles. The maximum atomic E-state index is 11.6. The van der Waals surface area contributed by atoms with Gasteiger partial charge < -0.3 is 4.98 Å². The van der Waals surface area contributed by atoms with Crippen molar-refractivity contribution in [2.45, 2.75) is 18.8 Å². The second-order valence-corrected chi connectivity index (χ2v) is 5.88. The van der Waals surface area contributed by atoms with Crippen LogP contribution in [-0.2, 0) is 10.0 Å². The third-order valence-corrected chi connectivity index (χ3v) is 3.03. The number of sulfonamides is 1. The molecule has 0 atom stereocenters. The molecule has 0 aromatic carbocycles. The van der Waals surface area contributed by atoms with Crippen LogP contribution < -0.4 is 10.3 Å². The van der Waals surface area contributed by atoms with Gasteiger partial charge in [-0.3, -0.25) is 9.59 Å². The SMILES string of the molecule is CS(=O)(=O)NC(=O)c1ccc(C2CC2)[nH]c1=O. The lowest BCUT2D eigenvalue weighted by molar-refractivity contribution is 0.0980. The van der Waals surface area contributed by atoms with Crippen LogP contribution in [0.2, 0.25) is 0 Å². The van der Waals surface area contributed by atoms with E-state index in [-0.39, 0.29) is 5.56 Å². The Bertz CT molecular complexity index is 613. The lowest BCUT2D eigenvalue weighted by atomic mass is 10.2. The van der Waals surface area contributed by atoms with Crippen LogP contribution in [0.1, 0.15) is 34.8 Å². The molecule has 1 amide bonds. The number of H-pyrrole nitrogens is 1. The smallest absolute Gasteiger partial charge is 0.270 e. The Hall–Kier alpha value is -1.63. The Balaban J connectivity index is 2.27. The molecule has 0 unspecified atom stereocenters. The molecular weight excluding hydrogens is 244 g/mol. The Morgan fingerprint density at radius 1 is 1.41 bits per heavy atom. The van der Waals surface area contributed by atoms with Gasteiger partial charge in [0.05, 0.1) is 6.26 Å². The molecule has 1 fully saturated rings. The van der Waals surface area contributed by atoms with Gasteiger partial charge in [-0.25, -0.2) is 13.1 Å². The number of pyridine rings is 1. The van der Waals surface area contributed by atoms with Crippen LogP contribution in [0.4, 0.5) is 0 Å². The van der Waals surface area contributed by atoms with E-state index in [1.54, 1.807) is 10.8 Å². The summed E-state index contributed by atoms with van der Waals surface area (Å²) in [7, 11) is -3.65. The van der Waals surface area contributed by atoms with Gasteiger partial charge in [-0.15, -0.1) is 0 Å². The summed E-state index contributed by atoms with van der Waals surface area (Å²) < 4.78 is 23.5. The molecule has 6 nitrogen and oxygen atoms in total. The average Bonchev–Trinajstić information content (AvgIpc) is 2.97. The van der Waals surface area contributed by atoms with Crippen molar-refractivity contribution in [3.8, 4) is 0 Å². The second kappa shape index (κ2) is 3.99. The summed E-state index contributed by atoms with van der Waals surface area (Å²) in [5.74, 6) is -0.536. The molecule has 7 heteroatoms. The van der Waals surface area contributed by atoms with Crippen molar-refractivity contribution in [1.29, 1.82) is 0 Å². The van der Waals surface area contributed by atoms with E-state index in [9.17, 15) is 18.0 Å². The van der Waals surface area contributed by atoms with Gasteiger partial charge >= 0.3 is 0 Å². The number of aromatic nitrogens is 1. The summed E-state index contributed by atoms with van der Waals surface area (Å²) in [6.45, 7) is 0. The molecule has 0 bridgehead atoms. The summed E-state index contributed by atoms with van der Waals surface area (Å²) >= 11 is 0. The van der Waals surface area contributed by atoms with Gasteiger partial charge in [0.1, 0.15) is 5.56 Å². The number of hydrogen-bond acceptors (Lipinski definition) is 4. The first kappa shape index (κ1) is 11.8. The Kier molecular flexibility index (Phi) is 2.78. The summed E-state index contributed by atoms with van der Waals surface area (Å²) in [5, 5.41) is 0. The lowest BCUT2D eigenvalue weighted by Gasteiger charge is -2.03. The van der Waals surface area contributed by atoms with Crippen molar-refractivity contribution in [2.24, 2.45) is 0 Å². The zero-order valence-electron chi connectivity index (χ0n) is 9.19. The van der Waals surface area contributed by atoms with E-state index in [1.807, 2.05) is 0 Å². The fourth-order valence-corrected chi connectivity index (χ4v) is 1.97. The summed E-state index contributed by atoms with van der Waals surface area (Å²) in [6.07, 6.45) is 2.92. The number of carbonyl (C=O) groups excluding carboxylic acids is 1. The van der Waals surface area contributed by atoms with Gasteiger partial charge in [-0.1, -0.05) is 0 Å². The molecular formula is C10H12N2O4S. The Labute approximate surface area is 98.1 Å². The molecule has 1 aliphatic carbocycles. The third kappa shape index (κ3) is 2.94. The Morgan fingerprint density at radius 2 is 2.06 bits per heavy atom. The van der Waals surface area contributed by atoms with Crippen LogP contribution in [0.25, 0.3) is 0 Å². The average molecular weight is 256 g/mol. The third-order valence-electron chi connectivity index (χ3n) is 2.47. The van der Waals surface area contributed by atoms with Crippen molar-refractivity contribution in [3.05, 3.63) is 33.7 Å². The highest BCUT2D eigenvalue weighted by Crippen LogP contribution is 2.38. The van der Waals surface area contributed by atoms with Crippen molar-refractivity contribution in [1.82, 2.24) is 9.71 Å². The molecule has 17 heavy (non-hydrogen) atoms. The molecule has 1 aromatic heterocycles. The quantitative estimate of drug-likeness (QED) is 0.792. The standard InChI is InChI=1S/C10H12N2O4S/c1-17(15,16)12-10(14)7-4-5-8(6-2-3-6)11-9(7)13/h4-6H,2-3H2,1H3,(H,11,13)(H,12,14). The van der Waals surface area contributed by atoms with Gasteiger partial charge in [0.2, 0.25) is 10.0 Å². The minimum absolute atomic E-state index is 0.195. The molecule has 1 aliphatic rings. The highest BCUT2D eigenvalue weighted by molar-refractivity contribution is 7.89. The van der Waals surface area contributed by atoms with Gasteiger partial charge in [0.25, 0.3) is 11.5 Å². The van der Waals surface area contributed by atoms with E-state index >= 15 is 0 Å². The molecule has 2 rings (SSSR count). The summed E-state index contributed by atoms with van der Waals surface area (Å²) in [5.41, 5.74) is 0.0429. The van der Waals surface area contributed by atoms with E-state index in [4.69, 9.17) is 0 Å². The maximum Gasteiger partial charge on any atom is 0.270 e. The summed E-state index contributed by atoms with van der Waals surface area (Å²) in [6, 6.07) is 3.00. The number of amides is 1. The van der Waals surface area contributed by atoms with Crippen LogP contribution in [-0.4, -0.2) is 25.6 Å². The monoisotopic (exact) mass is 256 g/mol.